The van der Waals surface area contributed by atoms with E-state index in [1.165, 1.54) is 23.5 Å². The predicted molar refractivity (Wildman–Crippen MR) is 131 cm³/mol. The molecule has 0 bridgehead atoms. The molecule has 3 aromatic rings. The van der Waals surface area contributed by atoms with Crippen molar-refractivity contribution in [3.63, 3.8) is 0 Å². The van der Waals surface area contributed by atoms with Crippen LogP contribution >= 0.6 is 22.9 Å². The van der Waals surface area contributed by atoms with E-state index in [0.717, 1.165) is 17.3 Å². The number of anilines is 2. The lowest BCUT2D eigenvalue weighted by atomic mass is 10.0. The molecule has 3 rings (SSSR count). The van der Waals surface area contributed by atoms with Crippen LogP contribution in [0.25, 0.3) is 0 Å². The zero-order valence-electron chi connectivity index (χ0n) is 18.7. The first-order chi connectivity index (χ1) is 16.1. The van der Waals surface area contributed by atoms with Crippen LogP contribution < -0.4 is 10.6 Å². The highest BCUT2D eigenvalue weighted by Crippen LogP contribution is 2.23. The summed E-state index contributed by atoms with van der Waals surface area (Å²) in [6.07, 6.45) is 0. The number of hydrogen-bond donors (Lipinski definition) is 2. The van der Waals surface area contributed by atoms with Crippen LogP contribution in [0.5, 0.6) is 0 Å². The maximum atomic E-state index is 12.7. The normalized spacial score (nSPS) is 11.7. The van der Waals surface area contributed by atoms with Crippen LogP contribution in [0.1, 0.15) is 35.5 Å². The number of nitro benzene ring substituents is 1. The number of halogens is 1. The van der Waals surface area contributed by atoms with Crippen molar-refractivity contribution in [2.75, 3.05) is 5.32 Å². The highest BCUT2D eigenvalue weighted by molar-refractivity contribution is 7.13. The number of rotatable bonds is 9. The average Bonchev–Trinajstić information content (AvgIpc) is 3.24. The van der Waals surface area contributed by atoms with Gasteiger partial charge in [0.1, 0.15) is 12.6 Å². The number of nitrogens with zero attached hydrogens (tertiary/aromatic N) is 2. The molecule has 0 saturated heterocycles. The number of amides is 1. The number of non-ortho nitro benzene ring substituents is 1. The Labute approximate surface area is 205 Å². The first kappa shape index (κ1) is 25.1. The van der Waals surface area contributed by atoms with Crippen molar-refractivity contribution in [1.82, 2.24) is 10.3 Å². The van der Waals surface area contributed by atoms with Gasteiger partial charge in [0.15, 0.2) is 5.13 Å². The third kappa shape index (κ3) is 6.52. The van der Waals surface area contributed by atoms with Crippen LogP contribution in [0.3, 0.4) is 0 Å². The number of nitrogens with one attached hydrogen (secondary N) is 2. The second-order valence-corrected chi connectivity index (χ2v) is 9.12. The van der Waals surface area contributed by atoms with E-state index in [-0.39, 0.29) is 28.8 Å². The second kappa shape index (κ2) is 11.1. The number of nitro groups is 1. The minimum Gasteiger partial charge on any atom is -0.458 e. The van der Waals surface area contributed by atoms with Crippen molar-refractivity contribution < 1.29 is 19.2 Å². The molecule has 11 heteroatoms. The Bertz CT molecular complexity index is 1200. The number of aryl methyl sites for hydroxylation is 1. The predicted octanol–water partition coefficient (Wildman–Crippen LogP) is 5.25. The minimum absolute atomic E-state index is 0.0371. The van der Waals surface area contributed by atoms with E-state index in [1.54, 1.807) is 19.2 Å². The summed E-state index contributed by atoms with van der Waals surface area (Å²) in [5.74, 6) is -1.66. The van der Waals surface area contributed by atoms with Crippen molar-refractivity contribution >= 4 is 51.3 Å². The zero-order chi connectivity index (χ0) is 24.8. The monoisotopic (exact) mass is 502 g/mol. The smallest absolute Gasteiger partial charge is 0.329 e. The van der Waals surface area contributed by atoms with Crippen LogP contribution in [-0.4, -0.2) is 27.8 Å². The highest BCUT2D eigenvalue weighted by Gasteiger charge is 2.28. The van der Waals surface area contributed by atoms with Crippen molar-refractivity contribution in [2.24, 2.45) is 5.92 Å². The van der Waals surface area contributed by atoms with Crippen molar-refractivity contribution in [3.05, 3.63) is 79.8 Å². The lowest BCUT2D eigenvalue weighted by molar-refractivity contribution is -0.384. The fourth-order valence-corrected chi connectivity index (χ4v) is 3.86. The van der Waals surface area contributed by atoms with Crippen LogP contribution in [0, 0.1) is 23.0 Å². The number of aromatic nitrogens is 1. The Morgan fingerprint density at radius 1 is 1.21 bits per heavy atom. The first-order valence-electron chi connectivity index (χ1n) is 10.3. The van der Waals surface area contributed by atoms with E-state index in [2.05, 4.69) is 15.6 Å². The summed E-state index contributed by atoms with van der Waals surface area (Å²) in [5, 5.41) is 19.2. The summed E-state index contributed by atoms with van der Waals surface area (Å²) in [7, 11) is 0. The molecule has 0 aliphatic rings. The van der Waals surface area contributed by atoms with Gasteiger partial charge in [-0.15, -0.1) is 11.3 Å². The van der Waals surface area contributed by atoms with Gasteiger partial charge in [0.25, 0.3) is 11.6 Å². The molecule has 9 nitrogen and oxygen atoms in total. The summed E-state index contributed by atoms with van der Waals surface area (Å²) in [6, 6.07) is 10.4. The van der Waals surface area contributed by atoms with E-state index in [4.69, 9.17) is 16.3 Å². The van der Waals surface area contributed by atoms with Crippen LogP contribution in [0.4, 0.5) is 16.5 Å². The second-order valence-electron chi connectivity index (χ2n) is 7.86. The molecule has 0 aliphatic heterocycles. The van der Waals surface area contributed by atoms with E-state index < -0.39 is 22.8 Å². The molecule has 1 amide bonds. The van der Waals surface area contributed by atoms with Crippen LogP contribution in [0.2, 0.25) is 5.02 Å². The fourth-order valence-electron chi connectivity index (χ4n) is 2.94. The van der Waals surface area contributed by atoms with Gasteiger partial charge in [0.05, 0.1) is 21.2 Å². The Morgan fingerprint density at radius 2 is 1.91 bits per heavy atom. The summed E-state index contributed by atoms with van der Waals surface area (Å²) >= 11 is 7.41. The van der Waals surface area contributed by atoms with Gasteiger partial charge in [-0.1, -0.05) is 43.1 Å². The highest BCUT2D eigenvalue weighted by atomic mass is 35.5. The van der Waals surface area contributed by atoms with Gasteiger partial charge >= 0.3 is 5.97 Å². The average molecular weight is 503 g/mol. The Balaban J connectivity index is 1.62. The Kier molecular flexibility index (Phi) is 8.19. The summed E-state index contributed by atoms with van der Waals surface area (Å²) in [6.45, 7) is 5.42. The van der Waals surface area contributed by atoms with Crippen molar-refractivity contribution in [2.45, 2.75) is 33.4 Å². The number of carbonyl (C=O) groups excluding carboxylic acids is 2. The molecular formula is C23H23ClN4O5S. The lowest BCUT2D eigenvalue weighted by Crippen LogP contribution is -2.45. The quantitative estimate of drug-likeness (QED) is 0.232. The molecule has 0 spiro atoms. The molecular weight excluding hydrogens is 480 g/mol. The van der Waals surface area contributed by atoms with E-state index in [1.807, 2.05) is 31.2 Å². The Hall–Kier alpha value is -3.50. The maximum Gasteiger partial charge on any atom is 0.329 e. The van der Waals surface area contributed by atoms with Crippen LogP contribution in [0.15, 0.2) is 47.8 Å². The minimum atomic E-state index is -0.980. The van der Waals surface area contributed by atoms with E-state index in [9.17, 15) is 19.7 Å². The molecule has 1 atom stereocenters. The van der Waals surface area contributed by atoms with Gasteiger partial charge < -0.3 is 15.4 Å². The zero-order valence-corrected chi connectivity index (χ0v) is 20.3. The third-order valence-electron chi connectivity index (χ3n) is 4.83. The molecule has 2 N–H and O–H groups in total. The summed E-state index contributed by atoms with van der Waals surface area (Å²) < 4.78 is 5.38. The number of benzene rings is 2. The van der Waals surface area contributed by atoms with Gasteiger partial charge in [-0.3, -0.25) is 14.9 Å². The number of thiazole rings is 1. The molecule has 0 radical (unpaired) electrons. The SMILES string of the molecule is Cc1ccc(Nc2nc(COC(=O)[C@@H](NC(=O)c3cc([N+](=O)[O-])ccc3Cl)C(C)C)cs2)cc1. The Morgan fingerprint density at radius 3 is 2.56 bits per heavy atom. The fraction of sp³-hybridized carbons (Fsp3) is 0.261. The van der Waals surface area contributed by atoms with Crippen LogP contribution in [-0.2, 0) is 16.1 Å². The maximum absolute atomic E-state index is 12.7. The van der Waals surface area contributed by atoms with E-state index >= 15 is 0 Å². The molecule has 2 aromatic carbocycles. The van der Waals surface area contributed by atoms with Gasteiger partial charge in [0.2, 0.25) is 0 Å². The van der Waals surface area contributed by atoms with Gasteiger partial charge in [-0.2, -0.15) is 0 Å². The largest absolute Gasteiger partial charge is 0.458 e. The molecule has 0 aliphatic carbocycles. The molecule has 34 heavy (non-hydrogen) atoms. The molecule has 178 valence electrons. The van der Waals surface area contributed by atoms with Gasteiger partial charge in [-0.25, -0.2) is 9.78 Å². The van der Waals surface area contributed by atoms with Gasteiger partial charge in [-0.05, 0) is 31.0 Å². The van der Waals surface area contributed by atoms with Crippen molar-refractivity contribution in [3.8, 4) is 0 Å². The number of hydrogen-bond acceptors (Lipinski definition) is 8. The number of ether oxygens (including phenoxy) is 1. The molecule has 0 unspecified atom stereocenters. The first-order valence-corrected chi connectivity index (χ1v) is 11.6. The standard InChI is InChI=1S/C23H23ClN4O5S/c1-13(2)20(27-21(29)18-10-17(28(31)32)8-9-19(18)24)22(30)33-11-16-12-34-23(26-16)25-15-6-4-14(3)5-7-15/h4-10,12-13,20H,11H2,1-3H3,(H,25,26)(H,27,29)/t20-/m0/s1. The number of esters is 1. The summed E-state index contributed by atoms with van der Waals surface area (Å²) in [4.78, 5) is 40.2. The van der Waals surface area contributed by atoms with E-state index in [0.29, 0.717) is 10.8 Å². The topological polar surface area (TPSA) is 123 Å². The molecule has 0 fully saturated rings. The number of carbonyl (C=O) groups is 2. The third-order valence-corrected chi connectivity index (χ3v) is 5.97. The van der Waals surface area contributed by atoms with Crippen molar-refractivity contribution in [1.29, 1.82) is 0 Å². The van der Waals surface area contributed by atoms with Gasteiger partial charge in [0, 0.05) is 23.2 Å². The molecule has 0 saturated carbocycles. The summed E-state index contributed by atoms with van der Waals surface area (Å²) in [5.41, 5.74) is 2.23. The molecule has 1 aromatic heterocycles. The molecule has 1 heterocycles. The lowest BCUT2D eigenvalue weighted by Gasteiger charge is -2.21.